The van der Waals surface area contributed by atoms with Gasteiger partial charge in [-0.05, 0) is 37.8 Å². The van der Waals surface area contributed by atoms with Crippen LogP contribution in [-0.4, -0.2) is 26.7 Å². The molecule has 0 atom stereocenters. The molecule has 0 aliphatic heterocycles. The Bertz CT molecular complexity index is 426. The molecule has 0 saturated heterocycles. The zero-order valence-corrected chi connectivity index (χ0v) is 11.6. The summed E-state index contributed by atoms with van der Waals surface area (Å²) in [5.74, 6) is 0. The molecule has 1 heterocycles. The molecule has 0 bridgehead atoms. The van der Waals surface area contributed by atoms with E-state index in [1.54, 1.807) is 6.07 Å². The van der Waals surface area contributed by atoms with Crippen LogP contribution < -0.4 is 4.72 Å². The number of aliphatic hydroxyl groups excluding tert-OH is 1. The quantitative estimate of drug-likeness (QED) is 0.711. The minimum atomic E-state index is -3.33. The van der Waals surface area contributed by atoms with Gasteiger partial charge in [0.15, 0.2) is 0 Å². The van der Waals surface area contributed by atoms with Gasteiger partial charge in [0.1, 0.15) is 4.21 Å². The highest BCUT2D eigenvalue weighted by Gasteiger charge is 2.15. The predicted molar refractivity (Wildman–Crippen MR) is 69.8 cm³/mol. The van der Waals surface area contributed by atoms with E-state index in [0.717, 1.165) is 30.6 Å². The zero-order chi connectivity index (χ0) is 12.7. The molecule has 0 unspecified atom stereocenters. The summed E-state index contributed by atoms with van der Waals surface area (Å²) in [6.45, 7) is 2.60. The molecule has 0 saturated carbocycles. The van der Waals surface area contributed by atoms with E-state index in [1.165, 1.54) is 11.3 Å². The first-order valence-corrected chi connectivity index (χ1v) is 8.09. The highest BCUT2D eigenvalue weighted by Crippen LogP contribution is 2.21. The minimum Gasteiger partial charge on any atom is -0.396 e. The molecule has 17 heavy (non-hydrogen) atoms. The zero-order valence-electron chi connectivity index (χ0n) is 9.98. The molecular formula is C11H19NO3S2. The van der Waals surface area contributed by atoms with E-state index in [-0.39, 0.29) is 6.61 Å². The molecule has 0 aliphatic carbocycles. The summed E-state index contributed by atoms with van der Waals surface area (Å²) < 4.78 is 26.6. The van der Waals surface area contributed by atoms with Gasteiger partial charge in [0, 0.05) is 18.0 Å². The summed E-state index contributed by atoms with van der Waals surface area (Å²) in [5, 5.41) is 8.60. The highest BCUT2D eigenvalue weighted by atomic mass is 32.2. The van der Waals surface area contributed by atoms with Crippen molar-refractivity contribution in [3.63, 3.8) is 0 Å². The maximum absolute atomic E-state index is 11.8. The Hall–Kier alpha value is -0.430. The third-order valence-electron chi connectivity index (χ3n) is 2.38. The van der Waals surface area contributed by atoms with E-state index >= 15 is 0 Å². The van der Waals surface area contributed by atoms with Crippen LogP contribution in [0.15, 0.2) is 16.3 Å². The first-order chi connectivity index (χ1) is 8.10. The maximum Gasteiger partial charge on any atom is 0.250 e. The molecule has 0 aliphatic rings. The molecule has 6 heteroatoms. The number of rotatable bonds is 8. The monoisotopic (exact) mass is 277 g/mol. The van der Waals surface area contributed by atoms with Gasteiger partial charge in [0.05, 0.1) is 0 Å². The summed E-state index contributed by atoms with van der Waals surface area (Å²) in [5.41, 5.74) is 0. The number of nitrogens with one attached hydrogen (secondary N) is 1. The molecule has 0 spiro atoms. The molecule has 0 aromatic carbocycles. The van der Waals surface area contributed by atoms with Crippen LogP contribution >= 0.6 is 11.3 Å². The van der Waals surface area contributed by atoms with Crippen LogP contribution in [0.5, 0.6) is 0 Å². The lowest BCUT2D eigenvalue weighted by atomic mass is 10.2. The van der Waals surface area contributed by atoms with Crippen LogP contribution in [0.25, 0.3) is 0 Å². The third kappa shape index (κ3) is 4.75. The van der Waals surface area contributed by atoms with Crippen LogP contribution in [0.4, 0.5) is 0 Å². The Balaban J connectivity index is 2.45. The second-order valence-corrected chi connectivity index (χ2v) is 6.92. The second-order valence-electron chi connectivity index (χ2n) is 3.76. The number of sulfonamides is 1. The fourth-order valence-corrected chi connectivity index (χ4v) is 3.80. The molecule has 0 amide bonds. The second kappa shape index (κ2) is 7.10. The molecule has 1 aromatic rings. The molecule has 2 N–H and O–H groups in total. The predicted octanol–water partition coefficient (Wildman–Crippen LogP) is 1.75. The number of hydrogen-bond acceptors (Lipinski definition) is 4. The number of hydrogen-bond donors (Lipinski definition) is 2. The lowest BCUT2D eigenvalue weighted by molar-refractivity contribution is 0.283. The smallest absolute Gasteiger partial charge is 0.250 e. The standard InChI is InChI=1S/C11H19NO3S2/c1-2-10-6-7-11(16-10)17(14,15)12-8-4-3-5-9-13/h6-7,12-13H,2-5,8-9H2,1H3. The SMILES string of the molecule is CCc1ccc(S(=O)(=O)NCCCCCO)s1. The van der Waals surface area contributed by atoms with Crippen molar-refractivity contribution < 1.29 is 13.5 Å². The molecule has 1 rings (SSSR count). The van der Waals surface area contributed by atoms with Gasteiger partial charge >= 0.3 is 0 Å². The summed E-state index contributed by atoms with van der Waals surface area (Å²) in [4.78, 5) is 1.07. The lowest BCUT2D eigenvalue weighted by Gasteiger charge is -2.03. The highest BCUT2D eigenvalue weighted by molar-refractivity contribution is 7.91. The van der Waals surface area contributed by atoms with Crippen molar-refractivity contribution in [2.45, 2.75) is 36.8 Å². The first-order valence-electron chi connectivity index (χ1n) is 5.79. The third-order valence-corrected chi connectivity index (χ3v) is 5.56. The van der Waals surface area contributed by atoms with E-state index < -0.39 is 10.0 Å². The van der Waals surface area contributed by atoms with Gasteiger partial charge in [-0.25, -0.2) is 13.1 Å². The Morgan fingerprint density at radius 1 is 1.29 bits per heavy atom. The molecule has 4 nitrogen and oxygen atoms in total. The topological polar surface area (TPSA) is 66.4 Å². The molecule has 1 aromatic heterocycles. The van der Waals surface area contributed by atoms with E-state index in [9.17, 15) is 8.42 Å². The van der Waals surface area contributed by atoms with E-state index in [1.807, 2.05) is 13.0 Å². The summed E-state index contributed by atoms with van der Waals surface area (Å²) in [6, 6.07) is 3.50. The molecule has 0 radical (unpaired) electrons. The van der Waals surface area contributed by atoms with Gasteiger partial charge in [-0.2, -0.15) is 0 Å². The van der Waals surface area contributed by atoms with Crippen molar-refractivity contribution in [2.24, 2.45) is 0 Å². The Kier molecular flexibility index (Phi) is 6.11. The summed E-state index contributed by atoms with van der Waals surface area (Å²) >= 11 is 1.32. The molecule has 98 valence electrons. The van der Waals surface area contributed by atoms with Crippen LogP contribution in [0.3, 0.4) is 0 Å². The van der Waals surface area contributed by atoms with Gasteiger partial charge in [-0.3, -0.25) is 0 Å². The fourth-order valence-electron chi connectivity index (χ4n) is 1.38. The summed E-state index contributed by atoms with van der Waals surface area (Å²) in [7, 11) is -3.33. The van der Waals surface area contributed by atoms with Crippen LogP contribution in [0.1, 0.15) is 31.1 Å². The molecular weight excluding hydrogens is 258 g/mol. The van der Waals surface area contributed by atoms with E-state index in [4.69, 9.17) is 5.11 Å². The first kappa shape index (κ1) is 14.6. The number of aryl methyl sites for hydroxylation is 1. The van der Waals surface area contributed by atoms with Gasteiger partial charge in [-0.1, -0.05) is 6.92 Å². The molecule has 0 fully saturated rings. The van der Waals surface area contributed by atoms with Gasteiger partial charge in [-0.15, -0.1) is 11.3 Å². The van der Waals surface area contributed by atoms with Gasteiger partial charge < -0.3 is 5.11 Å². The maximum atomic E-state index is 11.8. The van der Waals surface area contributed by atoms with E-state index in [0.29, 0.717) is 10.8 Å². The van der Waals surface area contributed by atoms with Gasteiger partial charge in [0.25, 0.3) is 0 Å². The fraction of sp³-hybridized carbons (Fsp3) is 0.636. The van der Waals surface area contributed by atoms with Crippen molar-refractivity contribution in [3.8, 4) is 0 Å². The number of aliphatic hydroxyl groups is 1. The average Bonchev–Trinajstić information content (AvgIpc) is 2.78. The van der Waals surface area contributed by atoms with Crippen LogP contribution in [0.2, 0.25) is 0 Å². The van der Waals surface area contributed by atoms with Gasteiger partial charge in [0.2, 0.25) is 10.0 Å². The van der Waals surface area contributed by atoms with Crippen molar-refractivity contribution in [3.05, 3.63) is 17.0 Å². The number of unbranched alkanes of at least 4 members (excludes halogenated alkanes) is 2. The average molecular weight is 277 g/mol. The minimum absolute atomic E-state index is 0.164. The Labute approximate surface area is 107 Å². The van der Waals surface area contributed by atoms with Crippen LogP contribution in [0, 0.1) is 0 Å². The Morgan fingerprint density at radius 3 is 2.65 bits per heavy atom. The van der Waals surface area contributed by atoms with E-state index in [2.05, 4.69) is 4.72 Å². The van der Waals surface area contributed by atoms with Crippen molar-refractivity contribution in [2.75, 3.05) is 13.2 Å². The summed E-state index contributed by atoms with van der Waals surface area (Å²) in [6.07, 6.45) is 3.17. The van der Waals surface area contributed by atoms with Crippen molar-refractivity contribution >= 4 is 21.4 Å². The van der Waals surface area contributed by atoms with Crippen LogP contribution in [-0.2, 0) is 16.4 Å². The van der Waals surface area contributed by atoms with Crippen molar-refractivity contribution in [1.29, 1.82) is 0 Å². The lowest BCUT2D eigenvalue weighted by Crippen LogP contribution is -2.24. The van der Waals surface area contributed by atoms with Crippen molar-refractivity contribution in [1.82, 2.24) is 4.72 Å². The largest absolute Gasteiger partial charge is 0.396 e. The normalized spacial score (nSPS) is 11.9. The number of thiophene rings is 1. The Morgan fingerprint density at radius 2 is 2.06 bits per heavy atom.